The van der Waals surface area contributed by atoms with Crippen molar-refractivity contribution in [3.63, 3.8) is 0 Å². The second-order valence-corrected chi connectivity index (χ2v) is 5.66. The number of benzene rings is 1. The van der Waals surface area contributed by atoms with Crippen LogP contribution in [0.5, 0.6) is 0 Å². The highest BCUT2D eigenvalue weighted by Crippen LogP contribution is 2.07. The van der Waals surface area contributed by atoms with Crippen molar-refractivity contribution in [1.29, 1.82) is 0 Å². The molecule has 0 unspecified atom stereocenters. The molecule has 1 aromatic carbocycles. The van der Waals surface area contributed by atoms with Gasteiger partial charge in [-0.25, -0.2) is 4.39 Å². The van der Waals surface area contributed by atoms with Crippen molar-refractivity contribution < 1.29 is 4.39 Å². The Morgan fingerprint density at radius 1 is 1.29 bits per heavy atom. The van der Waals surface area contributed by atoms with Gasteiger partial charge >= 0.3 is 0 Å². The number of aromatic nitrogens is 2. The topological polar surface area (TPSA) is 41.9 Å². The van der Waals surface area contributed by atoms with E-state index in [0.717, 1.165) is 12.1 Å². The van der Waals surface area contributed by atoms with Gasteiger partial charge in [-0.3, -0.25) is 4.68 Å². The lowest BCUT2D eigenvalue weighted by Crippen LogP contribution is -2.31. The van der Waals surface area contributed by atoms with E-state index in [-0.39, 0.29) is 5.82 Å². The van der Waals surface area contributed by atoms with Crippen molar-refractivity contribution in [3.8, 4) is 0 Å². The third kappa shape index (κ3) is 5.15. The third-order valence-corrected chi connectivity index (χ3v) is 3.06. The first kappa shape index (κ1) is 15.4. The normalized spacial score (nSPS) is 10.7. The van der Waals surface area contributed by atoms with Gasteiger partial charge in [0.15, 0.2) is 10.9 Å². The van der Waals surface area contributed by atoms with Crippen molar-refractivity contribution >= 4 is 23.1 Å². The Kier molecular flexibility index (Phi) is 5.27. The average Bonchev–Trinajstić information content (AvgIpc) is 2.86. The Balaban J connectivity index is 1.89. The summed E-state index contributed by atoms with van der Waals surface area (Å²) in [5, 5.41) is 11.1. The van der Waals surface area contributed by atoms with E-state index in [0.29, 0.717) is 23.4 Å². The maximum absolute atomic E-state index is 12.8. The van der Waals surface area contributed by atoms with Gasteiger partial charge in [0.2, 0.25) is 0 Å². The zero-order valence-electron chi connectivity index (χ0n) is 12.1. The standard InChI is InChI=1S/C15H19FN4S/c1-11(2)9-17-15(21)18-14-7-8-20(19-14)10-12-3-5-13(16)6-4-12/h3-8,11H,9-10H2,1-2H3,(H2,17,18,19,21). The van der Waals surface area contributed by atoms with Crippen LogP contribution in [0.3, 0.4) is 0 Å². The molecule has 2 N–H and O–H groups in total. The fourth-order valence-electron chi connectivity index (χ4n) is 1.75. The first-order valence-corrected chi connectivity index (χ1v) is 7.26. The molecule has 0 fully saturated rings. The number of hydrogen-bond acceptors (Lipinski definition) is 2. The zero-order valence-corrected chi connectivity index (χ0v) is 13.0. The van der Waals surface area contributed by atoms with Gasteiger partial charge in [0.1, 0.15) is 5.82 Å². The fourth-order valence-corrected chi connectivity index (χ4v) is 1.94. The van der Waals surface area contributed by atoms with Crippen LogP contribution in [0, 0.1) is 11.7 Å². The van der Waals surface area contributed by atoms with Crippen molar-refractivity contribution in [2.75, 3.05) is 11.9 Å². The summed E-state index contributed by atoms with van der Waals surface area (Å²) < 4.78 is 14.6. The molecule has 112 valence electrons. The molecule has 0 aliphatic heterocycles. The average molecular weight is 306 g/mol. The largest absolute Gasteiger partial charge is 0.362 e. The minimum Gasteiger partial charge on any atom is -0.362 e. The summed E-state index contributed by atoms with van der Waals surface area (Å²) in [5.74, 6) is 0.988. The van der Waals surface area contributed by atoms with Crippen molar-refractivity contribution in [1.82, 2.24) is 15.1 Å². The molecule has 0 aliphatic rings. The van der Waals surface area contributed by atoms with E-state index < -0.39 is 0 Å². The van der Waals surface area contributed by atoms with Gasteiger partial charge in [-0.1, -0.05) is 26.0 Å². The van der Waals surface area contributed by atoms with Crippen LogP contribution in [0.25, 0.3) is 0 Å². The summed E-state index contributed by atoms with van der Waals surface area (Å²) in [6, 6.07) is 8.25. The Morgan fingerprint density at radius 2 is 2.00 bits per heavy atom. The SMILES string of the molecule is CC(C)CNC(=S)Nc1ccn(Cc2ccc(F)cc2)n1. The summed E-state index contributed by atoms with van der Waals surface area (Å²) >= 11 is 5.19. The van der Waals surface area contributed by atoms with Crippen LogP contribution in [0.1, 0.15) is 19.4 Å². The zero-order chi connectivity index (χ0) is 15.2. The lowest BCUT2D eigenvalue weighted by molar-refractivity contribution is 0.624. The van der Waals surface area contributed by atoms with E-state index in [1.165, 1.54) is 12.1 Å². The highest BCUT2D eigenvalue weighted by atomic mass is 32.1. The predicted molar refractivity (Wildman–Crippen MR) is 86.8 cm³/mol. The van der Waals surface area contributed by atoms with Crippen molar-refractivity contribution in [3.05, 3.63) is 47.9 Å². The Bertz CT molecular complexity index is 592. The van der Waals surface area contributed by atoms with Gasteiger partial charge in [-0.05, 0) is 35.8 Å². The third-order valence-electron chi connectivity index (χ3n) is 2.81. The lowest BCUT2D eigenvalue weighted by atomic mass is 10.2. The van der Waals surface area contributed by atoms with Crippen LogP contribution in [0.4, 0.5) is 10.2 Å². The smallest absolute Gasteiger partial charge is 0.171 e. The number of thiocarbonyl (C=S) groups is 1. The van der Waals surface area contributed by atoms with E-state index in [9.17, 15) is 4.39 Å². The molecule has 0 radical (unpaired) electrons. The molecule has 1 heterocycles. The molecule has 0 aliphatic carbocycles. The van der Waals surface area contributed by atoms with Crippen molar-refractivity contribution in [2.45, 2.75) is 20.4 Å². The van der Waals surface area contributed by atoms with Crippen LogP contribution in [0.15, 0.2) is 36.5 Å². The van der Waals surface area contributed by atoms with Gasteiger partial charge < -0.3 is 10.6 Å². The monoisotopic (exact) mass is 306 g/mol. The quantitative estimate of drug-likeness (QED) is 0.833. The molecule has 2 rings (SSSR count). The summed E-state index contributed by atoms with van der Waals surface area (Å²) in [6.45, 7) is 5.65. The van der Waals surface area contributed by atoms with E-state index in [1.54, 1.807) is 16.8 Å². The second kappa shape index (κ2) is 7.17. The van der Waals surface area contributed by atoms with Crippen LogP contribution in [-0.2, 0) is 6.54 Å². The summed E-state index contributed by atoms with van der Waals surface area (Å²) in [5.41, 5.74) is 0.992. The molecular weight excluding hydrogens is 287 g/mol. The van der Waals surface area contributed by atoms with Gasteiger partial charge in [0.05, 0.1) is 6.54 Å². The number of hydrogen-bond donors (Lipinski definition) is 2. The number of nitrogens with one attached hydrogen (secondary N) is 2. The summed E-state index contributed by atoms with van der Waals surface area (Å²) in [7, 11) is 0. The fraction of sp³-hybridized carbons (Fsp3) is 0.333. The molecule has 2 aromatic rings. The van der Waals surface area contributed by atoms with Crippen LogP contribution in [0.2, 0.25) is 0 Å². The number of nitrogens with zero attached hydrogens (tertiary/aromatic N) is 2. The lowest BCUT2D eigenvalue weighted by Gasteiger charge is -2.10. The summed E-state index contributed by atoms with van der Waals surface area (Å²) in [4.78, 5) is 0. The molecule has 0 saturated heterocycles. The van der Waals surface area contributed by atoms with Gasteiger partial charge in [0, 0.05) is 18.8 Å². The number of rotatable bonds is 5. The predicted octanol–water partition coefficient (Wildman–Crippen LogP) is 3.01. The molecule has 0 bridgehead atoms. The van der Waals surface area contributed by atoms with Crippen molar-refractivity contribution in [2.24, 2.45) is 5.92 Å². The molecule has 6 heteroatoms. The highest BCUT2D eigenvalue weighted by Gasteiger charge is 2.03. The van der Waals surface area contributed by atoms with E-state index in [1.807, 2.05) is 12.3 Å². The molecule has 21 heavy (non-hydrogen) atoms. The second-order valence-electron chi connectivity index (χ2n) is 5.25. The molecule has 0 spiro atoms. The minimum absolute atomic E-state index is 0.233. The van der Waals surface area contributed by atoms with E-state index >= 15 is 0 Å². The Labute approximate surface area is 129 Å². The maximum Gasteiger partial charge on any atom is 0.171 e. The van der Waals surface area contributed by atoms with Crippen LogP contribution in [-0.4, -0.2) is 21.4 Å². The van der Waals surface area contributed by atoms with Crippen LogP contribution >= 0.6 is 12.2 Å². The molecule has 0 atom stereocenters. The minimum atomic E-state index is -0.233. The number of anilines is 1. The molecule has 0 saturated carbocycles. The molecule has 1 aromatic heterocycles. The molecular formula is C15H19FN4S. The van der Waals surface area contributed by atoms with E-state index in [2.05, 4.69) is 29.6 Å². The Hall–Kier alpha value is -1.95. The highest BCUT2D eigenvalue weighted by molar-refractivity contribution is 7.80. The van der Waals surface area contributed by atoms with Gasteiger partial charge in [-0.15, -0.1) is 0 Å². The summed E-state index contributed by atoms with van der Waals surface area (Å²) in [6.07, 6.45) is 1.86. The van der Waals surface area contributed by atoms with Crippen LogP contribution < -0.4 is 10.6 Å². The van der Waals surface area contributed by atoms with Gasteiger partial charge in [0.25, 0.3) is 0 Å². The molecule has 0 amide bonds. The number of halogens is 1. The molecule has 4 nitrogen and oxygen atoms in total. The maximum atomic E-state index is 12.8. The van der Waals surface area contributed by atoms with Gasteiger partial charge in [-0.2, -0.15) is 5.10 Å². The van der Waals surface area contributed by atoms with E-state index in [4.69, 9.17) is 12.2 Å². The first-order valence-electron chi connectivity index (χ1n) is 6.85. The Morgan fingerprint density at radius 3 is 2.67 bits per heavy atom. The first-order chi connectivity index (χ1) is 10.0.